The van der Waals surface area contributed by atoms with Crippen LogP contribution in [-0.4, -0.2) is 16.1 Å². The van der Waals surface area contributed by atoms with E-state index in [0.29, 0.717) is 6.10 Å². The molecule has 160 valence electrons. The van der Waals surface area contributed by atoms with E-state index in [9.17, 15) is 0 Å². The molecule has 0 saturated heterocycles. The Hall–Kier alpha value is -1.12. The molecule has 3 nitrogen and oxygen atoms in total. The maximum Gasteiger partial charge on any atom is 0.217 e. The second kappa shape index (κ2) is 14.8. The Balaban J connectivity index is 1.42. The average molecular weight is 389 g/mol. The maximum atomic E-state index is 5.94. The Kier molecular flexibility index (Phi) is 12.3. The van der Waals surface area contributed by atoms with Crippen LogP contribution in [0.15, 0.2) is 6.07 Å². The van der Waals surface area contributed by atoms with Crippen LogP contribution in [-0.2, 0) is 6.42 Å². The number of aryl methyl sites for hydroxylation is 2. The first kappa shape index (κ1) is 23.2. The minimum absolute atomic E-state index is 0.392. The number of unbranched alkanes of at least 4 members (excludes halogenated alkanes) is 13. The van der Waals surface area contributed by atoms with Crippen LogP contribution < -0.4 is 4.74 Å². The molecule has 1 aliphatic rings. The Morgan fingerprint density at radius 1 is 0.786 bits per heavy atom. The number of aromatic nitrogens is 2. The third kappa shape index (κ3) is 10.4. The molecule has 1 fully saturated rings. The molecular formula is C25H44N2O. The van der Waals surface area contributed by atoms with Crippen LogP contribution in [0.3, 0.4) is 0 Å². The van der Waals surface area contributed by atoms with Gasteiger partial charge in [-0.25, -0.2) is 4.98 Å². The van der Waals surface area contributed by atoms with E-state index in [1.54, 1.807) is 0 Å². The third-order valence-corrected chi connectivity index (χ3v) is 5.99. The molecule has 0 unspecified atom stereocenters. The molecule has 1 aromatic heterocycles. The minimum Gasteiger partial charge on any atom is -0.474 e. The molecule has 1 aromatic rings. The standard InChI is InChI=1S/C25H44N2O/c1-3-4-5-6-7-8-9-10-11-12-13-14-15-16-18-23-21-25(27-22(2)26-23)28-24-19-17-20-24/h21,24H,3-20H2,1-2H3. The fraction of sp³-hybridized carbons (Fsp3) is 0.840. The van der Waals surface area contributed by atoms with Crippen molar-refractivity contribution in [3.63, 3.8) is 0 Å². The minimum atomic E-state index is 0.392. The van der Waals surface area contributed by atoms with E-state index in [1.807, 2.05) is 6.92 Å². The largest absolute Gasteiger partial charge is 0.474 e. The van der Waals surface area contributed by atoms with Crippen LogP contribution in [0.2, 0.25) is 0 Å². The summed E-state index contributed by atoms with van der Waals surface area (Å²) in [6, 6.07) is 2.06. The molecule has 28 heavy (non-hydrogen) atoms. The highest BCUT2D eigenvalue weighted by atomic mass is 16.5. The molecule has 0 aliphatic heterocycles. The molecule has 1 aliphatic carbocycles. The van der Waals surface area contributed by atoms with Crippen LogP contribution in [0.5, 0.6) is 5.88 Å². The van der Waals surface area contributed by atoms with Gasteiger partial charge in [0, 0.05) is 11.8 Å². The van der Waals surface area contributed by atoms with E-state index < -0.39 is 0 Å². The van der Waals surface area contributed by atoms with Gasteiger partial charge in [-0.05, 0) is 39.0 Å². The summed E-state index contributed by atoms with van der Waals surface area (Å²) in [4.78, 5) is 9.03. The van der Waals surface area contributed by atoms with Crippen molar-refractivity contribution < 1.29 is 4.74 Å². The van der Waals surface area contributed by atoms with Gasteiger partial charge >= 0.3 is 0 Å². The molecule has 0 radical (unpaired) electrons. The number of rotatable bonds is 17. The van der Waals surface area contributed by atoms with E-state index in [0.717, 1.165) is 23.8 Å². The second-order valence-corrected chi connectivity index (χ2v) is 8.76. The van der Waals surface area contributed by atoms with E-state index in [2.05, 4.69) is 23.0 Å². The summed E-state index contributed by atoms with van der Waals surface area (Å²) in [5.41, 5.74) is 1.15. The van der Waals surface area contributed by atoms with Gasteiger partial charge in [0.15, 0.2) is 0 Å². The number of nitrogens with zero attached hydrogens (tertiary/aromatic N) is 2. The molecule has 1 heterocycles. The topological polar surface area (TPSA) is 35.0 Å². The first-order valence-electron chi connectivity index (χ1n) is 12.3. The molecule has 0 atom stereocenters. The zero-order valence-electron chi connectivity index (χ0n) is 18.7. The SMILES string of the molecule is CCCCCCCCCCCCCCCCc1cc(OC2CCC2)nc(C)n1. The highest BCUT2D eigenvalue weighted by Crippen LogP contribution is 2.24. The number of hydrogen-bond acceptors (Lipinski definition) is 3. The van der Waals surface area contributed by atoms with Crippen molar-refractivity contribution in [1.29, 1.82) is 0 Å². The van der Waals surface area contributed by atoms with Crippen molar-refractivity contribution in [2.75, 3.05) is 0 Å². The molecule has 3 heteroatoms. The predicted molar refractivity (Wildman–Crippen MR) is 119 cm³/mol. The van der Waals surface area contributed by atoms with Gasteiger partial charge in [0.1, 0.15) is 11.9 Å². The Labute approximate surface area is 174 Å². The average Bonchev–Trinajstić information content (AvgIpc) is 2.65. The van der Waals surface area contributed by atoms with Crippen molar-refractivity contribution in [3.05, 3.63) is 17.6 Å². The monoisotopic (exact) mass is 388 g/mol. The summed E-state index contributed by atoms with van der Waals surface area (Å²) < 4.78 is 5.94. The van der Waals surface area contributed by atoms with Gasteiger partial charge in [-0.1, -0.05) is 90.4 Å². The second-order valence-electron chi connectivity index (χ2n) is 8.76. The molecule has 0 aromatic carbocycles. The highest BCUT2D eigenvalue weighted by molar-refractivity contribution is 5.16. The zero-order chi connectivity index (χ0) is 19.9. The van der Waals surface area contributed by atoms with Crippen molar-refractivity contribution in [3.8, 4) is 5.88 Å². The Bertz CT molecular complexity index is 513. The zero-order valence-corrected chi connectivity index (χ0v) is 18.7. The fourth-order valence-electron chi connectivity index (χ4n) is 3.95. The summed E-state index contributed by atoms with van der Waals surface area (Å²) >= 11 is 0. The lowest BCUT2D eigenvalue weighted by Crippen LogP contribution is -2.25. The summed E-state index contributed by atoms with van der Waals surface area (Å²) in [6.45, 7) is 4.26. The smallest absolute Gasteiger partial charge is 0.217 e. The summed E-state index contributed by atoms with van der Waals surface area (Å²) in [5.74, 6) is 1.63. The molecule has 0 amide bonds. The number of hydrogen-bond donors (Lipinski definition) is 0. The van der Waals surface area contributed by atoms with Gasteiger partial charge in [0.2, 0.25) is 5.88 Å². The summed E-state index contributed by atoms with van der Waals surface area (Å²) in [5, 5.41) is 0. The first-order chi connectivity index (χ1) is 13.8. The van der Waals surface area contributed by atoms with E-state index in [1.165, 1.54) is 109 Å². The van der Waals surface area contributed by atoms with Crippen molar-refractivity contribution in [2.24, 2.45) is 0 Å². The fourth-order valence-corrected chi connectivity index (χ4v) is 3.95. The Morgan fingerprint density at radius 2 is 1.32 bits per heavy atom. The van der Waals surface area contributed by atoms with Gasteiger partial charge in [-0.3, -0.25) is 0 Å². The van der Waals surface area contributed by atoms with E-state index in [-0.39, 0.29) is 0 Å². The van der Waals surface area contributed by atoms with Crippen LogP contribution in [0.4, 0.5) is 0 Å². The van der Waals surface area contributed by atoms with E-state index >= 15 is 0 Å². The van der Waals surface area contributed by atoms with Gasteiger partial charge < -0.3 is 4.74 Å². The van der Waals surface area contributed by atoms with Crippen molar-refractivity contribution >= 4 is 0 Å². The lowest BCUT2D eigenvalue weighted by molar-refractivity contribution is 0.114. The van der Waals surface area contributed by atoms with Gasteiger partial charge in [0.25, 0.3) is 0 Å². The lowest BCUT2D eigenvalue weighted by Gasteiger charge is -2.25. The Morgan fingerprint density at radius 3 is 1.82 bits per heavy atom. The molecule has 2 rings (SSSR count). The van der Waals surface area contributed by atoms with E-state index in [4.69, 9.17) is 4.74 Å². The quantitative estimate of drug-likeness (QED) is 0.256. The molecular weight excluding hydrogens is 344 g/mol. The van der Waals surface area contributed by atoms with Gasteiger partial charge in [-0.2, -0.15) is 4.98 Å². The maximum absolute atomic E-state index is 5.94. The van der Waals surface area contributed by atoms with Crippen molar-refractivity contribution in [1.82, 2.24) is 9.97 Å². The molecule has 1 saturated carbocycles. The highest BCUT2D eigenvalue weighted by Gasteiger charge is 2.20. The van der Waals surface area contributed by atoms with Crippen LogP contribution >= 0.6 is 0 Å². The van der Waals surface area contributed by atoms with Gasteiger partial charge in [0.05, 0.1) is 0 Å². The molecule has 0 N–H and O–H groups in total. The van der Waals surface area contributed by atoms with Crippen LogP contribution in [0.25, 0.3) is 0 Å². The molecule has 0 spiro atoms. The summed E-state index contributed by atoms with van der Waals surface area (Å²) in [7, 11) is 0. The lowest BCUT2D eigenvalue weighted by atomic mass is 9.96. The third-order valence-electron chi connectivity index (χ3n) is 5.99. The van der Waals surface area contributed by atoms with Gasteiger partial charge in [-0.15, -0.1) is 0 Å². The van der Waals surface area contributed by atoms with Crippen molar-refractivity contribution in [2.45, 2.75) is 136 Å². The van der Waals surface area contributed by atoms with Crippen LogP contribution in [0.1, 0.15) is 128 Å². The van der Waals surface area contributed by atoms with Crippen LogP contribution in [0, 0.1) is 6.92 Å². The normalized spacial score (nSPS) is 14.2. The molecule has 0 bridgehead atoms. The summed E-state index contributed by atoms with van der Waals surface area (Å²) in [6.07, 6.45) is 24.7. The predicted octanol–water partition coefficient (Wildman–Crippen LogP) is 7.74. The first-order valence-corrected chi connectivity index (χ1v) is 12.3. The number of ether oxygens (including phenoxy) is 1.